The van der Waals surface area contributed by atoms with E-state index in [1.165, 1.54) is 12.4 Å². The van der Waals surface area contributed by atoms with Crippen LogP contribution in [0.2, 0.25) is 5.02 Å². The van der Waals surface area contributed by atoms with E-state index in [0.29, 0.717) is 35.7 Å². The van der Waals surface area contributed by atoms with Crippen LogP contribution < -0.4 is 10.1 Å². The van der Waals surface area contributed by atoms with E-state index in [9.17, 15) is 9.18 Å². The van der Waals surface area contributed by atoms with Crippen molar-refractivity contribution >= 4 is 17.5 Å². The summed E-state index contributed by atoms with van der Waals surface area (Å²) in [5.41, 5.74) is 2.06. The second kappa shape index (κ2) is 9.37. The fourth-order valence-electron chi connectivity index (χ4n) is 2.69. The first-order valence-corrected chi connectivity index (χ1v) is 9.33. The van der Waals surface area contributed by atoms with E-state index in [-0.39, 0.29) is 18.3 Å². The Kier molecular flexibility index (Phi) is 6.66. The molecule has 0 unspecified atom stereocenters. The molecule has 0 saturated carbocycles. The van der Waals surface area contributed by atoms with E-state index in [2.05, 4.69) is 10.3 Å². The molecule has 0 saturated heterocycles. The van der Waals surface area contributed by atoms with Gasteiger partial charge in [0, 0.05) is 30.4 Å². The van der Waals surface area contributed by atoms with Crippen LogP contribution in [-0.4, -0.2) is 22.1 Å². The molecule has 1 heterocycles. The van der Waals surface area contributed by atoms with Gasteiger partial charge in [-0.05, 0) is 54.8 Å². The molecule has 1 N–H and O–H groups in total. The van der Waals surface area contributed by atoms with Gasteiger partial charge in [0.1, 0.15) is 11.6 Å². The number of hydrogen-bond donors (Lipinski definition) is 1. The van der Waals surface area contributed by atoms with Crippen LogP contribution in [0.15, 0.2) is 55.1 Å². The third kappa shape index (κ3) is 5.33. The standard InChI is InChI=1S/C21H21ClFN3O2/c1-15-11-17(5-6-18(15)22)28-10-2-3-21(27)25-13-16-4-7-20(19(23)12-16)26-9-8-24-14-26/h4-9,11-12,14H,2-3,10,13H2,1H3,(H,25,27). The van der Waals surface area contributed by atoms with Gasteiger partial charge < -0.3 is 14.6 Å². The van der Waals surface area contributed by atoms with Gasteiger partial charge in [0.15, 0.2) is 0 Å². The average molecular weight is 402 g/mol. The zero-order valence-corrected chi connectivity index (χ0v) is 16.2. The highest BCUT2D eigenvalue weighted by atomic mass is 35.5. The van der Waals surface area contributed by atoms with Crippen LogP contribution >= 0.6 is 11.6 Å². The Balaban J connectivity index is 1.40. The van der Waals surface area contributed by atoms with Crippen molar-refractivity contribution < 1.29 is 13.9 Å². The predicted molar refractivity (Wildman–Crippen MR) is 106 cm³/mol. The lowest BCUT2D eigenvalue weighted by molar-refractivity contribution is -0.121. The molecule has 0 spiro atoms. The van der Waals surface area contributed by atoms with Gasteiger partial charge in [-0.25, -0.2) is 9.37 Å². The number of amides is 1. The highest BCUT2D eigenvalue weighted by molar-refractivity contribution is 6.31. The summed E-state index contributed by atoms with van der Waals surface area (Å²) in [6.45, 7) is 2.62. The molecule has 3 aromatic rings. The normalized spacial score (nSPS) is 10.7. The van der Waals surface area contributed by atoms with Crippen molar-refractivity contribution in [3.8, 4) is 11.4 Å². The lowest BCUT2D eigenvalue weighted by atomic mass is 10.2. The Labute approximate surface area is 168 Å². The molecule has 146 valence electrons. The molecule has 0 aliphatic heterocycles. The van der Waals surface area contributed by atoms with Gasteiger partial charge in [0.05, 0.1) is 18.6 Å². The number of hydrogen-bond acceptors (Lipinski definition) is 3. The fourth-order valence-corrected chi connectivity index (χ4v) is 2.81. The smallest absolute Gasteiger partial charge is 0.220 e. The summed E-state index contributed by atoms with van der Waals surface area (Å²) in [7, 11) is 0. The second-order valence-electron chi connectivity index (χ2n) is 6.40. The summed E-state index contributed by atoms with van der Waals surface area (Å²) in [5, 5.41) is 3.49. The Bertz CT molecular complexity index is 945. The molecule has 1 aromatic heterocycles. The monoisotopic (exact) mass is 401 g/mol. The summed E-state index contributed by atoms with van der Waals surface area (Å²) in [4.78, 5) is 15.9. The minimum atomic E-state index is -0.364. The van der Waals surface area contributed by atoms with Crippen molar-refractivity contribution in [1.82, 2.24) is 14.9 Å². The highest BCUT2D eigenvalue weighted by Crippen LogP contribution is 2.21. The number of nitrogens with zero attached hydrogens (tertiary/aromatic N) is 2. The number of imidazole rings is 1. The van der Waals surface area contributed by atoms with Crippen LogP contribution in [0.25, 0.3) is 5.69 Å². The molecule has 0 aliphatic carbocycles. The Morgan fingerprint density at radius 2 is 2.14 bits per heavy atom. The van der Waals surface area contributed by atoms with E-state index in [1.54, 1.807) is 41.2 Å². The van der Waals surface area contributed by atoms with E-state index < -0.39 is 0 Å². The lowest BCUT2D eigenvalue weighted by Gasteiger charge is -2.09. The maximum Gasteiger partial charge on any atom is 0.220 e. The molecule has 0 radical (unpaired) electrons. The van der Waals surface area contributed by atoms with Crippen LogP contribution in [-0.2, 0) is 11.3 Å². The molecule has 5 nitrogen and oxygen atoms in total. The Hall–Kier alpha value is -2.86. The quantitative estimate of drug-likeness (QED) is 0.567. The maximum absolute atomic E-state index is 14.2. The van der Waals surface area contributed by atoms with Gasteiger partial charge in [-0.2, -0.15) is 0 Å². The number of benzene rings is 2. The van der Waals surface area contributed by atoms with Crippen molar-refractivity contribution in [3.05, 3.63) is 77.1 Å². The van der Waals surface area contributed by atoms with Gasteiger partial charge in [-0.1, -0.05) is 17.7 Å². The van der Waals surface area contributed by atoms with Crippen LogP contribution in [0.5, 0.6) is 5.75 Å². The first kappa shape index (κ1) is 19.9. The van der Waals surface area contributed by atoms with Crippen LogP contribution in [0, 0.1) is 12.7 Å². The predicted octanol–water partition coefficient (Wildman–Crippen LogP) is 4.45. The summed E-state index contributed by atoms with van der Waals surface area (Å²) in [6.07, 6.45) is 5.72. The molecule has 0 atom stereocenters. The topological polar surface area (TPSA) is 56.1 Å². The number of halogens is 2. The molecule has 0 bridgehead atoms. The number of carbonyl (C=O) groups excluding carboxylic acids is 1. The van der Waals surface area contributed by atoms with Crippen molar-refractivity contribution in [1.29, 1.82) is 0 Å². The first-order valence-electron chi connectivity index (χ1n) is 8.95. The maximum atomic E-state index is 14.2. The molecule has 7 heteroatoms. The number of rotatable bonds is 8. The lowest BCUT2D eigenvalue weighted by Crippen LogP contribution is -2.23. The number of ether oxygens (including phenoxy) is 1. The minimum Gasteiger partial charge on any atom is -0.494 e. The molecule has 2 aromatic carbocycles. The summed E-state index contributed by atoms with van der Waals surface area (Å²) in [6, 6.07) is 10.3. The molecular weight excluding hydrogens is 381 g/mol. The van der Waals surface area contributed by atoms with Crippen LogP contribution in [0.4, 0.5) is 4.39 Å². The van der Waals surface area contributed by atoms with E-state index in [0.717, 1.165) is 11.3 Å². The zero-order valence-electron chi connectivity index (χ0n) is 15.5. The number of nitrogens with one attached hydrogen (secondary N) is 1. The molecular formula is C21H21ClFN3O2. The van der Waals surface area contributed by atoms with E-state index in [1.807, 2.05) is 13.0 Å². The zero-order chi connectivity index (χ0) is 19.9. The van der Waals surface area contributed by atoms with E-state index >= 15 is 0 Å². The number of aryl methyl sites for hydroxylation is 1. The summed E-state index contributed by atoms with van der Waals surface area (Å²) < 4.78 is 21.4. The van der Waals surface area contributed by atoms with Gasteiger partial charge in [0.2, 0.25) is 5.91 Å². The molecule has 28 heavy (non-hydrogen) atoms. The SMILES string of the molecule is Cc1cc(OCCCC(=O)NCc2ccc(-n3ccnc3)c(F)c2)ccc1Cl. The van der Waals surface area contributed by atoms with E-state index in [4.69, 9.17) is 16.3 Å². The van der Waals surface area contributed by atoms with Gasteiger partial charge >= 0.3 is 0 Å². The highest BCUT2D eigenvalue weighted by Gasteiger charge is 2.07. The van der Waals surface area contributed by atoms with Crippen LogP contribution in [0.3, 0.4) is 0 Å². The fraction of sp³-hybridized carbons (Fsp3) is 0.238. The van der Waals surface area contributed by atoms with Crippen LogP contribution in [0.1, 0.15) is 24.0 Å². The molecule has 0 aliphatic rings. The molecule has 3 rings (SSSR count). The van der Waals surface area contributed by atoms with Gasteiger partial charge in [0.25, 0.3) is 0 Å². The van der Waals surface area contributed by atoms with Gasteiger partial charge in [-0.3, -0.25) is 4.79 Å². The third-order valence-corrected chi connectivity index (χ3v) is 4.65. The first-order chi connectivity index (χ1) is 13.5. The molecule has 0 fully saturated rings. The largest absolute Gasteiger partial charge is 0.494 e. The van der Waals surface area contributed by atoms with Crippen molar-refractivity contribution in [2.45, 2.75) is 26.3 Å². The minimum absolute atomic E-state index is 0.102. The van der Waals surface area contributed by atoms with Crippen molar-refractivity contribution in [3.63, 3.8) is 0 Å². The summed E-state index contributed by atoms with van der Waals surface area (Å²) in [5.74, 6) is 0.266. The number of carbonyl (C=O) groups is 1. The number of aromatic nitrogens is 2. The van der Waals surface area contributed by atoms with Gasteiger partial charge in [-0.15, -0.1) is 0 Å². The Morgan fingerprint density at radius 3 is 2.86 bits per heavy atom. The molecule has 1 amide bonds. The van der Waals surface area contributed by atoms with Crippen molar-refractivity contribution in [2.24, 2.45) is 0 Å². The Morgan fingerprint density at radius 1 is 1.29 bits per heavy atom. The third-order valence-electron chi connectivity index (χ3n) is 4.23. The average Bonchev–Trinajstić information content (AvgIpc) is 3.21. The van der Waals surface area contributed by atoms with Crippen molar-refractivity contribution in [2.75, 3.05) is 6.61 Å². The second-order valence-corrected chi connectivity index (χ2v) is 6.80. The summed E-state index contributed by atoms with van der Waals surface area (Å²) >= 11 is 5.98.